The van der Waals surface area contributed by atoms with Gasteiger partial charge in [0.05, 0.1) is 6.10 Å². The molecule has 2 aliphatic rings. The van der Waals surface area contributed by atoms with Gasteiger partial charge in [0.2, 0.25) is 0 Å². The molecule has 3 atom stereocenters. The zero-order valence-corrected chi connectivity index (χ0v) is 13.9. The fourth-order valence-corrected chi connectivity index (χ4v) is 3.25. The van der Waals surface area contributed by atoms with Crippen molar-refractivity contribution < 1.29 is 18.3 Å². The van der Waals surface area contributed by atoms with Crippen LogP contribution in [-0.4, -0.2) is 31.3 Å². The number of ether oxygens (including phenoxy) is 1. The molecule has 3 rings (SSSR count). The normalized spacial score (nSPS) is 25.1. The number of nitrogens with one attached hydrogen (secondary N) is 2. The number of hydrogen-bond acceptors (Lipinski definition) is 2. The molecular weight excluding hydrogens is 314 g/mol. The van der Waals surface area contributed by atoms with E-state index in [9.17, 15) is 13.6 Å². The van der Waals surface area contributed by atoms with Crippen LogP contribution in [0.5, 0.6) is 0 Å². The lowest BCUT2D eigenvalue weighted by Crippen LogP contribution is -2.47. The van der Waals surface area contributed by atoms with Crippen LogP contribution in [0.3, 0.4) is 0 Å². The molecule has 0 bridgehead atoms. The first-order valence-electron chi connectivity index (χ1n) is 8.64. The highest BCUT2D eigenvalue weighted by atomic mass is 19.1. The van der Waals surface area contributed by atoms with Gasteiger partial charge in [0.1, 0.15) is 11.6 Å². The number of hydrogen-bond donors (Lipinski definition) is 2. The van der Waals surface area contributed by atoms with Gasteiger partial charge >= 0.3 is 6.03 Å². The summed E-state index contributed by atoms with van der Waals surface area (Å²) in [5.74, 6) is -0.746. The zero-order chi connectivity index (χ0) is 17.1. The van der Waals surface area contributed by atoms with E-state index in [4.69, 9.17) is 4.74 Å². The Labute approximate surface area is 141 Å². The molecule has 24 heavy (non-hydrogen) atoms. The summed E-state index contributed by atoms with van der Waals surface area (Å²) < 4.78 is 32.4. The van der Waals surface area contributed by atoms with Crippen molar-refractivity contribution in [1.82, 2.24) is 10.6 Å². The van der Waals surface area contributed by atoms with E-state index in [1.54, 1.807) is 6.92 Å². The summed E-state index contributed by atoms with van der Waals surface area (Å²) in [7, 11) is 0. The van der Waals surface area contributed by atoms with Crippen LogP contribution in [0.1, 0.15) is 44.1 Å². The fourth-order valence-electron chi connectivity index (χ4n) is 3.25. The predicted octanol–water partition coefficient (Wildman–Crippen LogP) is 3.33. The lowest BCUT2D eigenvalue weighted by molar-refractivity contribution is -0.00914. The van der Waals surface area contributed by atoms with Gasteiger partial charge in [-0.1, -0.05) is 13.0 Å². The average Bonchev–Trinajstić information content (AvgIpc) is 3.38. The summed E-state index contributed by atoms with van der Waals surface area (Å²) in [5.41, 5.74) is 0.400. The number of amides is 2. The molecule has 0 unspecified atom stereocenters. The minimum atomic E-state index is -0.598. The number of carbonyl (C=O) groups excluding carboxylic acids is 1. The Hall–Kier alpha value is -1.69. The van der Waals surface area contributed by atoms with E-state index in [0.29, 0.717) is 24.6 Å². The first-order chi connectivity index (χ1) is 11.5. The standard InChI is InChI=1S/C18H24F2N2O2/c1-11(15-5-4-13(19)8-16(15)20)10-21-18(23)22-14-6-7-24-17(9-14)12-2-3-12/h4-5,8,11-12,14,17H,2-3,6-7,9-10H2,1H3,(H2,21,22,23)/t11-,14-,17+/m1/s1. The predicted molar refractivity (Wildman–Crippen MR) is 86.8 cm³/mol. The summed E-state index contributed by atoms with van der Waals surface area (Å²) >= 11 is 0. The molecule has 1 aromatic rings. The third kappa shape index (κ3) is 4.44. The number of halogens is 2. The van der Waals surface area contributed by atoms with Crippen LogP contribution < -0.4 is 10.6 Å². The van der Waals surface area contributed by atoms with E-state index in [2.05, 4.69) is 10.6 Å². The summed E-state index contributed by atoms with van der Waals surface area (Å²) in [6.45, 7) is 2.78. The molecule has 0 aromatic heterocycles. The second-order valence-electron chi connectivity index (χ2n) is 6.89. The molecule has 1 aliphatic carbocycles. The third-order valence-corrected chi connectivity index (χ3v) is 4.86. The molecule has 2 N–H and O–H groups in total. The SMILES string of the molecule is C[C@H](CNC(=O)N[C@@H]1CCO[C@H](C2CC2)C1)c1ccc(F)cc1F. The zero-order valence-electron chi connectivity index (χ0n) is 13.9. The van der Waals surface area contributed by atoms with E-state index < -0.39 is 11.6 Å². The smallest absolute Gasteiger partial charge is 0.315 e. The fraction of sp³-hybridized carbons (Fsp3) is 0.611. The van der Waals surface area contributed by atoms with Gasteiger partial charge in [-0.3, -0.25) is 0 Å². The molecule has 0 radical (unpaired) electrons. The Bertz CT molecular complexity index is 592. The molecule has 1 aliphatic heterocycles. The van der Waals surface area contributed by atoms with Crippen LogP contribution >= 0.6 is 0 Å². The Morgan fingerprint density at radius 3 is 2.83 bits per heavy atom. The van der Waals surface area contributed by atoms with Crippen LogP contribution in [-0.2, 0) is 4.74 Å². The van der Waals surface area contributed by atoms with Crippen LogP contribution in [0, 0.1) is 17.6 Å². The van der Waals surface area contributed by atoms with Crippen LogP contribution in [0.25, 0.3) is 0 Å². The van der Waals surface area contributed by atoms with E-state index >= 15 is 0 Å². The molecule has 4 nitrogen and oxygen atoms in total. The highest BCUT2D eigenvalue weighted by molar-refractivity contribution is 5.74. The molecule has 2 amide bonds. The van der Waals surface area contributed by atoms with Crippen molar-refractivity contribution in [2.75, 3.05) is 13.2 Å². The molecule has 1 aromatic carbocycles. The summed E-state index contributed by atoms with van der Waals surface area (Å²) in [6, 6.07) is 3.40. The van der Waals surface area contributed by atoms with Gasteiger partial charge in [-0.15, -0.1) is 0 Å². The second kappa shape index (κ2) is 7.47. The van der Waals surface area contributed by atoms with Gasteiger partial charge < -0.3 is 15.4 Å². The molecule has 132 valence electrons. The highest BCUT2D eigenvalue weighted by Gasteiger charge is 2.36. The Morgan fingerprint density at radius 1 is 1.33 bits per heavy atom. The topological polar surface area (TPSA) is 50.4 Å². The molecule has 0 spiro atoms. The van der Waals surface area contributed by atoms with Gasteiger partial charge in [-0.05, 0) is 43.2 Å². The van der Waals surface area contributed by atoms with Crippen LogP contribution in [0.15, 0.2) is 18.2 Å². The summed E-state index contributed by atoms with van der Waals surface area (Å²) in [6.07, 6.45) is 4.41. The molecule has 1 saturated heterocycles. The largest absolute Gasteiger partial charge is 0.378 e. The van der Waals surface area contributed by atoms with Crippen molar-refractivity contribution in [1.29, 1.82) is 0 Å². The van der Waals surface area contributed by atoms with E-state index in [1.807, 2.05) is 0 Å². The quantitative estimate of drug-likeness (QED) is 0.865. The average molecular weight is 338 g/mol. The van der Waals surface area contributed by atoms with Crippen molar-refractivity contribution in [2.45, 2.75) is 50.7 Å². The Balaban J connectivity index is 1.44. The number of urea groups is 1. The van der Waals surface area contributed by atoms with Gasteiger partial charge in [-0.25, -0.2) is 13.6 Å². The van der Waals surface area contributed by atoms with Crippen molar-refractivity contribution >= 4 is 6.03 Å². The van der Waals surface area contributed by atoms with Crippen molar-refractivity contribution in [3.05, 3.63) is 35.4 Å². The maximum atomic E-state index is 13.7. The van der Waals surface area contributed by atoms with E-state index in [-0.39, 0.29) is 24.1 Å². The van der Waals surface area contributed by atoms with E-state index in [1.165, 1.54) is 25.0 Å². The summed E-state index contributed by atoms with van der Waals surface area (Å²) in [4.78, 5) is 12.1. The van der Waals surface area contributed by atoms with Gasteiger partial charge in [-0.2, -0.15) is 0 Å². The van der Waals surface area contributed by atoms with Crippen molar-refractivity contribution in [2.24, 2.45) is 5.92 Å². The monoisotopic (exact) mass is 338 g/mol. The minimum Gasteiger partial charge on any atom is -0.378 e. The molecular formula is C18H24F2N2O2. The number of rotatable bonds is 5. The van der Waals surface area contributed by atoms with Crippen LogP contribution in [0.2, 0.25) is 0 Å². The minimum absolute atomic E-state index is 0.127. The first kappa shape index (κ1) is 17.1. The lowest BCUT2D eigenvalue weighted by Gasteiger charge is -2.30. The van der Waals surface area contributed by atoms with Gasteiger partial charge in [0, 0.05) is 31.2 Å². The number of carbonyl (C=O) groups is 1. The maximum Gasteiger partial charge on any atom is 0.315 e. The van der Waals surface area contributed by atoms with Crippen molar-refractivity contribution in [3.8, 4) is 0 Å². The van der Waals surface area contributed by atoms with Gasteiger partial charge in [0.25, 0.3) is 0 Å². The highest BCUT2D eigenvalue weighted by Crippen LogP contribution is 2.38. The summed E-state index contributed by atoms with van der Waals surface area (Å²) in [5, 5.41) is 5.76. The first-order valence-corrected chi connectivity index (χ1v) is 8.64. The Kier molecular flexibility index (Phi) is 5.33. The third-order valence-electron chi connectivity index (χ3n) is 4.86. The van der Waals surface area contributed by atoms with Crippen molar-refractivity contribution in [3.63, 3.8) is 0 Å². The maximum absolute atomic E-state index is 13.7. The molecule has 6 heteroatoms. The molecule has 2 fully saturated rings. The van der Waals surface area contributed by atoms with E-state index in [0.717, 1.165) is 18.9 Å². The van der Waals surface area contributed by atoms with Crippen LogP contribution in [0.4, 0.5) is 13.6 Å². The number of benzene rings is 1. The molecule has 1 heterocycles. The van der Waals surface area contributed by atoms with Gasteiger partial charge in [0.15, 0.2) is 0 Å². The Morgan fingerprint density at radius 2 is 2.12 bits per heavy atom. The molecule has 1 saturated carbocycles. The second-order valence-corrected chi connectivity index (χ2v) is 6.89. The lowest BCUT2D eigenvalue weighted by atomic mass is 10.00.